The van der Waals surface area contributed by atoms with Crippen LogP contribution in [0.3, 0.4) is 0 Å². The summed E-state index contributed by atoms with van der Waals surface area (Å²) in [6, 6.07) is 23.5. The molecular weight excluding hydrogens is 1090 g/mol. The molecule has 0 N–H and O–H groups in total. The topological polar surface area (TPSA) is 105 Å². The van der Waals surface area contributed by atoms with Crippen molar-refractivity contribution in [2.75, 3.05) is 0 Å². The highest BCUT2D eigenvalue weighted by molar-refractivity contribution is 5.91. The lowest BCUT2D eigenvalue weighted by Crippen LogP contribution is -2.17. The standard InChI is InChI=1S/C80H118O8/c1-15-17-19-21-27-33-39-57(41-35-29-23-25-31-37-43-69(81)85-63-49-45-59(46-50-63)71-65-53-61(77(3,4)5)55-67(79(9,10)11)73(65)87-75(71)83)58(40-34-28-22-20-18-16-2)42-36-30-24-26-32-38-44-70(82)86-64-51-47-60(48-52-64)72-66-54-62(78(6,7)8)56-68(80(12,13)14)74(66)88-76(72)84/h45-58,71-72H,15-44H2,1-14H3. The van der Waals surface area contributed by atoms with Gasteiger partial charge in [0.2, 0.25) is 0 Å². The lowest BCUT2D eigenvalue weighted by Gasteiger charge is -2.28. The molecule has 2 aliphatic heterocycles. The predicted molar refractivity (Wildman–Crippen MR) is 364 cm³/mol. The molecule has 0 aliphatic carbocycles. The molecule has 6 rings (SSSR count). The Morgan fingerprint density at radius 1 is 0.386 bits per heavy atom. The molecule has 0 bridgehead atoms. The number of rotatable bonds is 37. The second kappa shape index (κ2) is 34.3. The van der Waals surface area contributed by atoms with E-state index in [1.807, 2.05) is 48.5 Å². The number of hydrogen-bond acceptors (Lipinski definition) is 8. The summed E-state index contributed by atoms with van der Waals surface area (Å²) in [5.41, 5.74) is 7.38. The zero-order valence-corrected chi connectivity index (χ0v) is 57.7. The lowest BCUT2D eigenvalue weighted by atomic mass is 9.77. The zero-order chi connectivity index (χ0) is 64.1. The third kappa shape index (κ3) is 22.0. The summed E-state index contributed by atoms with van der Waals surface area (Å²) in [4.78, 5) is 52.9. The Kier molecular flexibility index (Phi) is 28.0. The van der Waals surface area contributed by atoms with E-state index < -0.39 is 11.8 Å². The first-order valence-corrected chi connectivity index (χ1v) is 35.2. The number of carbonyl (C=O) groups is 4. The van der Waals surface area contributed by atoms with Crippen molar-refractivity contribution in [2.45, 2.75) is 323 Å². The van der Waals surface area contributed by atoms with E-state index in [0.717, 1.165) is 83.7 Å². The van der Waals surface area contributed by atoms with Crippen LogP contribution in [0, 0.1) is 11.8 Å². The SMILES string of the molecule is CCCCCCCCC(CCCCCCCCC(=O)Oc1ccc(C2C(=O)Oc3c2cc(C(C)(C)C)cc3C(C)(C)C)cc1)C(CCCCCCCC)CCCCCCCCC(=O)Oc1ccc(C2C(=O)Oc3c2cc(C(C)(C)C)cc3C(C)(C)C)cc1. The first-order chi connectivity index (χ1) is 41.8. The second-order valence-electron chi connectivity index (χ2n) is 30.6. The van der Waals surface area contributed by atoms with E-state index in [1.165, 1.54) is 152 Å². The summed E-state index contributed by atoms with van der Waals surface area (Å²) in [7, 11) is 0. The van der Waals surface area contributed by atoms with Gasteiger partial charge in [-0.05, 0) is 92.9 Å². The van der Waals surface area contributed by atoms with Crippen LogP contribution in [0.1, 0.15) is 346 Å². The fraction of sp³-hybridized carbons (Fsp3) is 0.650. The van der Waals surface area contributed by atoms with Gasteiger partial charge in [-0.2, -0.15) is 0 Å². The van der Waals surface area contributed by atoms with E-state index in [0.29, 0.717) is 35.8 Å². The number of benzene rings is 4. The van der Waals surface area contributed by atoms with Crippen LogP contribution >= 0.6 is 0 Å². The molecule has 4 aromatic rings. The number of ether oxygens (including phenoxy) is 4. The Labute approximate surface area is 534 Å². The smallest absolute Gasteiger partial charge is 0.323 e. The number of hydrogen-bond donors (Lipinski definition) is 0. The van der Waals surface area contributed by atoms with E-state index in [-0.39, 0.29) is 45.5 Å². The van der Waals surface area contributed by atoms with Gasteiger partial charge in [0.1, 0.15) is 34.8 Å². The molecule has 4 atom stereocenters. The molecule has 0 radical (unpaired) electrons. The summed E-state index contributed by atoms with van der Waals surface area (Å²) in [5, 5.41) is 0. The molecule has 0 saturated carbocycles. The number of carbonyl (C=O) groups excluding carboxylic acids is 4. The van der Waals surface area contributed by atoms with E-state index in [1.54, 1.807) is 0 Å². The molecular formula is C80H118O8. The van der Waals surface area contributed by atoms with Gasteiger partial charge in [-0.3, -0.25) is 19.2 Å². The monoisotopic (exact) mass is 1210 g/mol. The number of fused-ring (bicyclic) bond motifs is 2. The molecule has 0 fully saturated rings. The summed E-state index contributed by atoms with van der Waals surface area (Å²) >= 11 is 0. The molecule has 0 spiro atoms. The number of unbranched alkanes of at least 4 members (excludes halogenated alkanes) is 20. The minimum absolute atomic E-state index is 0.0892. The largest absolute Gasteiger partial charge is 0.427 e. The van der Waals surface area contributed by atoms with Crippen LogP contribution in [0.25, 0.3) is 0 Å². The maximum absolute atomic E-state index is 13.4. The zero-order valence-electron chi connectivity index (χ0n) is 57.7. The van der Waals surface area contributed by atoms with Crippen LogP contribution in [0.5, 0.6) is 23.0 Å². The highest BCUT2D eigenvalue weighted by Crippen LogP contribution is 2.49. The summed E-state index contributed by atoms with van der Waals surface area (Å²) < 4.78 is 23.6. The van der Waals surface area contributed by atoms with E-state index in [4.69, 9.17) is 18.9 Å². The van der Waals surface area contributed by atoms with Crippen LogP contribution in [0.4, 0.5) is 0 Å². The Morgan fingerprint density at radius 2 is 0.670 bits per heavy atom. The summed E-state index contributed by atoms with van der Waals surface area (Å²) in [5.74, 6) is 2.00. The normalized spacial score (nSPS) is 15.8. The van der Waals surface area contributed by atoms with Crippen molar-refractivity contribution in [3.63, 3.8) is 0 Å². The molecule has 88 heavy (non-hydrogen) atoms. The van der Waals surface area contributed by atoms with Crippen molar-refractivity contribution < 1.29 is 38.1 Å². The van der Waals surface area contributed by atoms with Crippen molar-refractivity contribution in [3.8, 4) is 23.0 Å². The maximum atomic E-state index is 13.4. The summed E-state index contributed by atoms with van der Waals surface area (Å²) in [6.45, 7) is 30.7. The highest BCUT2D eigenvalue weighted by Gasteiger charge is 2.41. The van der Waals surface area contributed by atoms with Gasteiger partial charge in [0.25, 0.3) is 0 Å². The molecule has 8 heteroatoms. The van der Waals surface area contributed by atoms with E-state index in [2.05, 4.69) is 121 Å². The quantitative estimate of drug-likeness (QED) is 0.0250. The van der Waals surface area contributed by atoms with Crippen LogP contribution in [-0.2, 0) is 40.8 Å². The fourth-order valence-corrected chi connectivity index (χ4v) is 13.3. The van der Waals surface area contributed by atoms with Gasteiger partial charge in [0.05, 0.1) is 0 Å². The Balaban J connectivity index is 0.914. The molecule has 2 aliphatic rings. The molecule has 0 amide bonds. The van der Waals surface area contributed by atoms with Crippen LogP contribution < -0.4 is 18.9 Å². The van der Waals surface area contributed by atoms with Gasteiger partial charge in [0, 0.05) is 35.1 Å². The average molecular weight is 1210 g/mol. The van der Waals surface area contributed by atoms with Crippen LogP contribution in [0.2, 0.25) is 0 Å². The minimum Gasteiger partial charge on any atom is -0.427 e. The summed E-state index contributed by atoms with van der Waals surface area (Å²) in [6.07, 6.45) is 35.9. The van der Waals surface area contributed by atoms with Gasteiger partial charge in [-0.1, -0.05) is 312 Å². The highest BCUT2D eigenvalue weighted by atomic mass is 16.6. The Bertz CT molecular complexity index is 2620. The van der Waals surface area contributed by atoms with Gasteiger partial charge in [-0.25, -0.2) is 0 Å². The fourth-order valence-electron chi connectivity index (χ4n) is 13.3. The van der Waals surface area contributed by atoms with Gasteiger partial charge in [-0.15, -0.1) is 0 Å². The van der Waals surface area contributed by atoms with Crippen molar-refractivity contribution >= 4 is 23.9 Å². The van der Waals surface area contributed by atoms with Gasteiger partial charge >= 0.3 is 23.9 Å². The van der Waals surface area contributed by atoms with Crippen LogP contribution in [-0.4, -0.2) is 23.9 Å². The first kappa shape index (κ1) is 71.8. The van der Waals surface area contributed by atoms with Crippen molar-refractivity contribution in [3.05, 3.63) is 117 Å². The number of esters is 4. The first-order valence-electron chi connectivity index (χ1n) is 35.2. The maximum Gasteiger partial charge on any atom is 0.323 e. The second-order valence-corrected chi connectivity index (χ2v) is 30.6. The lowest BCUT2D eigenvalue weighted by molar-refractivity contribution is -0.135. The minimum atomic E-state index is -0.521. The van der Waals surface area contributed by atoms with Gasteiger partial charge in [0.15, 0.2) is 0 Å². The third-order valence-electron chi connectivity index (χ3n) is 18.9. The van der Waals surface area contributed by atoms with E-state index in [9.17, 15) is 19.2 Å². The van der Waals surface area contributed by atoms with Crippen molar-refractivity contribution in [2.24, 2.45) is 11.8 Å². The molecule has 8 nitrogen and oxygen atoms in total. The Hall–Kier alpha value is -5.24. The third-order valence-corrected chi connectivity index (χ3v) is 18.9. The average Bonchev–Trinajstić information content (AvgIpc) is 1.68. The molecule has 0 aromatic heterocycles. The molecule has 486 valence electrons. The van der Waals surface area contributed by atoms with Crippen molar-refractivity contribution in [1.82, 2.24) is 0 Å². The predicted octanol–water partition coefficient (Wildman–Crippen LogP) is 22.5. The van der Waals surface area contributed by atoms with E-state index >= 15 is 0 Å². The molecule has 0 saturated heterocycles. The van der Waals surface area contributed by atoms with Crippen LogP contribution in [0.15, 0.2) is 72.8 Å². The molecule has 2 heterocycles. The van der Waals surface area contributed by atoms with Crippen molar-refractivity contribution in [1.29, 1.82) is 0 Å². The molecule has 4 unspecified atom stereocenters. The Morgan fingerprint density at radius 3 is 0.955 bits per heavy atom. The molecule has 4 aromatic carbocycles. The van der Waals surface area contributed by atoms with Gasteiger partial charge < -0.3 is 18.9 Å².